The van der Waals surface area contributed by atoms with Gasteiger partial charge in [0.05, 0.1) is 33.8 Å². The number of amides is 1. The molecule has 410 valence electrons. The summed E-state index contributed by atoms with van der Waals surface area (Å²) in [7, 11) is 1.47. The van der Waals surface area contributed by atoms with Gasteiger partial charge in [-0.1, -0.05) is 230 Å². The molecule has 3 unspecified atom stereocenters. The fourth-order valence-electron chi connectivity index (χ4n) is 8.40. The van der Waals surface area contributed by atoms with Crippen LogP contribution in [0, 0.1) is 0 Å². The smallest absolute Gasteiger partial charge is 0.456 e. The van der Waals surface area contributed by atoms with Crippen LogP contribution in [0.15, 0.2) is 48.6 Å². The predicted molar refractivity (Wildman–Crippen MR) is 300 cm³/mol. The lowest BCUT2D eigenvalue weighted by molar-refractivity contribution is -0.870. The summed E-state index contributed by atoms with van der Waals surface area (Å²) in [5.41, 5.74) is 0. The van der Waals surface area contributed by atoms with Gasteiger partial charge in [-0.2, -0.15) is 0 Å². The standard InChI is InChI=1S/C60H113N2O7P/c1-7-10-13-16-19-22-25-28-29-30-31-32-33-35-37-40-43-46-49-52-59(63)61-57(56-68-70(65,66)67-55-54-62(4,5)6)58(51-48-45-42-39-36-27-24-21-18-15-12-9-3)69-60(64)53-50-47-44-41-38-34-26-23-20-17-14-11-8-2/h28-29,34,38,44,47-48,51,57-58H,7-27,30-33,35-37,39-43,45-46,49-50,52-56H2,1-6H3,(H-,61,63,65,66)/p+1/b29-28+,38-34-,47-44+,51-48-. The van der Waals surface area contributed by atoms with Gasteiger partial charge in [-0.25, -0.2) is 4.57 Å². The fraction of sp³-hybridized carbons (Fsp3) is 0.833. The molecule has 0 fully saturated rings. The van der Waals surface area contributed by atoms with Crippen molar-refractivity contribution in [3.63, 3.8) is 0 Å². The minimum Gasteiger partial charge on any atom is -0.456 e. The summed E-state index contributed by atoms with van der Waals surface area (Å²) < 4.78 is 30.6. The first kappa shape index (κ1) is 68.0. The van der Waals surface area contributed by atoms with E-state index in [9.17, 15) is 19.0 Å². The molecule has 0 aliphatic rings. The third-order valence-corrected chi connectivity index (χ3v) is 14.0. The fourth-order valence-corrected chi connectivity index (χ4v) is 9.14. The third-order valence-electron chi connectivity index (χ3n) is 13.0. The number of quaternary nitrogens is 1. The number of nitrogens with zero attached hydrogens (tertiary/aromatic N) is 1. The van der Waals surface area contributed by atoms with Gasteiger partial charge >= 0.3 is 13.8 Å². The van der Waals surface area contributed by atoms with Crippen molar-refractivity contribution in [2.45, 2.75) is 283 Å². The lowest BCUT2D eigenvalue weighted by Crippen LogP contribution is -2.47. The Morgan fingerprint density at radius 1 is 0.500 bits per heavy atom. The van der Waals surface area contributed by atoms with E-state index in [1.165, 1.54) is 180 Å². The highest BCUT2D eigenvalue weighted by molar-refractivity contribution is 7.47. The molecular formula is C60H114N2O7P+. The maximum Gasteiger partial charge on any atom is 0.472 e. The number of unbranched alkanes of at least 4 members (excludes halogenated alkanes) is 31. The number of nitrogens with one attached hydrogen (secondary N) is 1. The number of ether oxygens (including phenoxy) is 1. The van der Waals surface area contributed by atoms with E-state index in [1.807, 2.05) is 39.4 Å². The highest BCUT2D eigenvalue weighted by Gasteiger charge is 2.30. The number of phosphoric ester groups is 1. The molecule has 1 amide bonds. The molecule has 0 aromatic rings. The van der Waals surface area contributed by atoms with Crippen molar-refractivity contribution in [2.75, 3.05) is 40.9 Å². The van der Waals surface area contributed by atoms with Crippen LogP contribution < -0.4 is 5.32 Å². The second kappa shape index (κ2) is 50.5. The van der Waals surface area contributed by atoms with E-state index in [2.05, 4.69) is 56.5 Å². The van der Waals surface area contributed by atoms with Crippen LogP contribution in [-0.4, -0.2) is 74.3 Å². The van der Waals surface area contributed by atoms with E-state index in [-0.39, 0.29) is 25.5 Å². The van der Waals surface area contributed by atoms with Gasteiger partial charge in [-0.05, 0) is 76.7 Å². The Labute approximate surface area is 433 Å². The van der Waals surface area contributed by atoms with Crippen LogP contribution in [0.4, 0.5) is 0 Å². The second-order valence-electron chi connectivity index (χ2n) is 21.2. The van der Waals surface area contributed by atoms with E-state index >= 15 is 0 Å². The second-order valence-corrected chi connectivity index (χ2v) is 22.6. The molecule has 0 aliphatic carbocycles. The molecule has 2 N–H and O–H groups in total. The predicted octanol–water partition coefficient (Wildman–Crippen LogP) is 17.7. The minimum atomic E-state index is -4.45. The summed E-state index contributed by atoms with van der Waals surface area (Å²) in [4.78, 5) is 37.5. The van der Waals surface area contributed by atoms with Crippen molar-refractivity contribution in [1.29, 1.82) is 0 Å². The molecule has 3 atom stereocenters. The summed E-state index contributed by atoms with van der Waals surface area (Å²) in [5, 5.41) is 3.04. The molecule has 70 heavy (non-hydrogen) atoms. The van der Waals surface area contributed by atoms with Crippen LogP contribution in [0.3, 0.4) is 0 Å². The molecule has 0 aliphatic heterocycles. The van der Waals surface area contributed by atoms with E-state index < -0.39 is 25.9 Å². The first-order chi connectivity index (χ1) is 33.9. The lowest BCUT2D eigenvalue weighted by atomic mass is 10.0. The summed E-state index contributed by atoms with van der Waals surface area (Å²) >= 11 is 0. The molecule has 0 radical (unpaired) electrons. The maximum atomic E-state index is 13.5. The van der Waals surface area contributed by atoms with Gasteiger partial charge in [0.15, 0.2) is 0 Å². The zero-order chi connectivity index (χ0) is 51.5. The Kier molecular flexibility index (Phi) is 49.0. The molecule has 0 aromatic heterocycles. The summed E-state index contributed by atoms with van der Waals surface area (Å²) in [5.74, 6) is -0.580. The van der Waals surface area contributed by atoms with Crippen LogP contribution in [0.5, 0.6) is 0 Å². The van der Waals surface area contributed by atoms with Gasteiger partial charge in [0, 0.05) is 12.8 Å². The Morgan fingerprint density at radius 2 is 0.886 bits per heavy atom. The average molecular weight is 1010 g/mol. The number of allylic oxidation sites excluding steroid dienone is 7. The van der Waals surface area contributed by atoms with Crippen molar-refractivity contribution >= 4 is 19.7 Å². The van der Waals surface area contributed by atoms with Crippen molar-refractivity contribution in [3.8, 4) is 0 Å². The monoisotopic (exact) mass is 1010 g/mol. The first-order valence-corrected chi connectivity index (χ1v) is 31.0. The number of phosphoric acid groups is 1. The van der Waals surface area contributed by atoms with E-state index in [0.29, 0.717) is 23.9 Å². The normalized spacial score (nSPS) is 14.1. The Bertz CT molecular complexity index is 1340. The molecule has 9 nitrogen and oxygen atoms in total. The van der Waals surface area contributed by atoms with Crippen LogP contribution >= 0.6 is 7.82 Å². The van der Waals surface area contributed by atoms with Gasteiger partial charge in [0.1, 0.15) is 19.3 Å². The van der Waals surface area contributed by atoms with E-state index in [1.54, 1.807) is 0 Å². The van der Waals surface area contributed by atoms with E-state index in [4.69, 9.17) is 13.8 Å². The number of carbonyl (C=O) groups excluding carboxylic acids is 2. The van der Waals surface area contributed by atoms with Crippen molar-refractivity contribution < 1.29 is 37.3 Å². The van der Waals surface area contributed by atoms with Crippen LogP contribution in [-0.2, 0) is 27.9 Å². The molecule has 0 rings (SSSR count). The molecule has 0 heterocycles. The quantitative estimate of drug-likeness (QED) is 0.0205. The number of esters is 1. The largest absolute Gasteiger partial charge is 0.472 e. The Hall–Kier alpha value is -2.03. The van der Waals surface area contributed by atoms with Crippen molar-refractivity contribution in [3.05, 3.63) is 48.6 Å². The van der Waals surface area contributed by atoms with Crippen molar-refractivity contribution in [1.82, 2.24) is 5.32 Å². The van der Waals surface area contributed by atoms with Gasteiger partial charge in [0.2, 0.25) is 5.91 Å². The highest BCUT2D eigenvalue weighted by Crippen LogP contribution is 2.43. The third kappa shape index (κ3) is 50.9. The molecule has 10 heteroatoms. The van der Waals surface area contributed by atoms with Crippen LogP contribution in [0.2, 0.25) is 0 Å². The van der Waals surface area contributed by atoms with Crippen molar-refractivity contribution in [2.24, 2.45) is 0 Å². The number of hydrogen-bond acceptors (Lipinski definition) is 6. The van der Waals surface area contributed by atoms with Gasteiger partial charge in [-0.3, -0.25) is 18.6 Å². The van der Waals surface area contributed by atoms with E-state index in [0.717, 1.165) is 51.4 Å². The van der Waals surface area contributed by atoms with Crippen LogP contribution in [0.1, 0.15) is 271 Å². The molecule has 0 bridgehead atoms. The molecule has 0 spiro atoms. The van der Waals surface area contributed by atoms with Gasteiger partial charge < -0.3 is 19.4 Å². The molecule has 0 saturated heterocycles. The Morgan fingerprint density at radius 3 is 1.33 bits per heavy atom. The number of rotatable bonds is 53. The molecular weight excluding hydrogens is 892 g/mol. The maximum absolute atomic E-state index is 13.5. The highest BCUT2D eigenvalue weighted by atomic mass is 31.2. The van der Waals surface area contributed by atoms with Gasteiger partial charge in [0.25, 0.3) is 0 Å². The minimum absolute atomic E-state index is 0.0326. The summed E-state index contributed by atoms with van der Waals surface area (Å²) in [6, 6.07) is -0.869. The van der Waals surface area contributed by atoms with Gasteiger partial charge in [-0.15, -0.1) is 0 Å². The van der Waals surface area contributed by atoms with Crippen LogP contribution in [0.25, 0.3) is 0 Å². The lowest BCUT2D eigenvalue weighted by Gasteiger charge is -2.27. The summed E-state index contributed by atoms with van der Waals surface area (Å²) in [6.07, 6.45) is 61.2. The summed E-state index contributed by atoms with van der Waals surface area (Å²) in [6.45, 7) is 6.97. The topological polar surface area (TPSA) is 111 Å². The zero-order valence-electron chi connectivity index (χ0n) is 46.8. The first-order valence-electron chi connectivity index (χ1n) is 29.5. The zero-order valence-corrected chi connectivity index (χ0v) is 47.7. The Balaban J connectivity index is 5.33. The SMILES string of the molecule is CCCCCCCC/C=C\C/C=C/CCC(=O)OC(/C=C\CCCCCCCCCCCC)C(COP(=O)(O)OCC[N+](C)(C)C)NC(=O)CCCCCCCCCCC/C=C/CCCCCCCC. The average Bonchev–Trinajstić information content (AvgIpc) is 3.32. The number of carbonyl (C=O) groups is 2. The number of hydrogen-bond donors (Lipinski definition) is 2. The molecule has 0 saturated carbocycles. The number of likely N-dealkylation sites (N-methyl/N-ethyl adjacent to an activating group) is 1. The molecule has 0 aromatic carbocycles.